The molecule has 82 valence electrons. The van der Waals surface area contributed by atoms with Gasteiger partial charge in [-0.2, -0.15) is 35.3 Å². The summed E-state index contributed by atoms with van der Waals surface area (Å²) in [7, 11) is 0. The number of hydrogen-bond acceptors (Lipinski definition) is 3. The minimum atomic E-state index is 0.874. The molecule has 2 unspecified atom stereocenters. The van der Waals surface area contributed by atoms with Crippen LogP contribution < -0.4 is 0 Å². The second-order valence-corrected chi connectivity index (χ2v) is 7.31. The van der Waals surface area contributed by atoms with Crippen LogP contribution in [0.2, 0.25) is 0 Å². The molecule has 0 radical (unpaired) electrons. The Balaban J connectivity index is 1.81. The summed E-state index contributed by atoms with van der Waals surface area (Å²) in [4.78, 5) is 0. The van der Waals surface area contributed by atoms with Crippen molar-refractivity contribution >= 4 is 35.3 Å². The molecule has 2 atom stereocenters. The minimum absolute atomic E-state index is 0.874. The maximum absolute atomic E-state index is 3.73. The topological polar surface area (TPSA) is 0 Å². The van der Waals surface area contributed by atoms with Gasteiger partial charge >= 0.3 is 0 Å². The van der Waals surface area contributed by atoms with Gasteiger partial charge < -0.3 is 0 Å². The van der Waals surface area contributed by atoms with Crippen molar-refractivity contribution < 1.29 is 0 Å². The third-order valence-electron chi connectivity index (χ3n) is 2.10. The quantitative estimate of drug-likeness (QED) is 0.346. The molecule has 0 saturated carbocycles. The first-order chi connectivity index (χ1) is 6.83. The van der Waals surface area contributed by atoms with Crippen LogP contribution in [0.25, 0.3) is 0 Å². The Bertz CT molecular complexity index is 155. The standard InChI is InChI=1S/C11H20S3/c1-3-5-12-7-10(2)4-6-13-8-11-9-14-11/h3,10-11H,1,4-9H2,2H3. The van der Waals surface area contributed by atoms with E-state index in [2.05, 4.69) is 37.0 Å². The van der Waals surface area contributed by atoms with E-state index in [9.17, 15) is 0 Å². The van der Waals surface area contributed by atoms with E-state index >= 15 is 0 Å². The van der Waals surface area contributed by atoms with Gasteiger partial charge in [-0.3, -0.25) is 0 Å². The van der Waals surface area contributed by atoms with Crippen molar-refractivity contribution in [3.8, 4) is 0 Å². The van der Waals surface area contributed by atoms with E-state index in [1.54, 1.807) is 0 Å². The third kappa shape index (κ3) is 7.13. The summed E-state index contributed by atoms with van der Waals surface area (Å²) in [6, 6.07) is 0. The first kappa shape index (κ1) is 12.9. The van der Waals surface area contributed by atoms with Crippen LogP contribution in [0.1, 0.15) is 13.3 Å². The Kier molecular flexibility index (Phi) is 7.35. The van der Waals surface area contributed by atoms with Gasteiger partial charge in [-0.15, -0.1) is 6.58 Å². The van der Waals surface area contributed by atoms with Gasteiger partial charge in [-0.05, 0) is 23.8 Å². The van der Waals surface area contributed by atoms with Crippen molar-refractivity contribution in [1.82, 2.24) is 0 Å². The van der Waals surface area contributed by atoms with Crippen molar-refractivity contribution in [3.05, 3.63) is 12.7 Å². The molecule has 0 aromatic rings. The molecule has 1 fully saturated rings. The first-order valence-corrected chi connectivity index (χ1v) is 8.56. The third-order valence-corrected chi connectivity index (χ3v) is 5.72. The molecule has 0 aromatic carbocycles. The Morgan fingerprint density at radius 2 is 2.36 bits per heavy atom. The highest BCUT2D eigenvalue weighted by molar-refractivity contribution is 8.08. The van der Waals surface area contributed by atoms with Gasteiger partial charge in [-0.25, -0.2) is 0 Å². The lowest BCUT2D eigenvalue weighted by molar-refractivity contribution is 0.643. The van der Waals surface area contributed by atoms with Crippen LogP contribution in [0.4, 0.5) is 0 Å². The van der Waals surface area contributed by atoms with Crippen molar-refractivity contribution in [3.63, 3.8) is 0 Å². The predicted molar refractivity (Wildman–Crippen MR) is 74.9 cm³/mol. The second-order valence-electron chi connectivity index (χ2n) is 3.75. The largest absolute Gasteiger partial charge is 0.161 e. The van der Waals surface area contributed by atoms with Gasteiger partial charge in [0, 0.05) is 22.5 Å². The van der Waals surface area contributed by atoms with Crippen LogP contribution in [-0.2, 0) is 0 Å². The molecule has 1 saturated heterocycles. The lowest BCUT2D eigenvalue weighted by Crippen LogP contribution is -2.01. The number of hydrogen-bond donors (Lipinski definition) is 0. The van der Waals surface area contributed by atoms with Crippen LogP contribution in [0.5, 0.6) is 0 Å². The van der Waals surface area contributed by atoms with Gasteiger partial charge in [-0.1, -0.05) is 13.0 Å². The van der Waals surface area contributed by atoms with Crippen LogP contribution in [-0.4, -0.2) is 34.0 Å². The molecule has 0 spiro atoms. The maximum atomic E-state index is 3.73. The highest BCUT2D eigenvalue weighted by Gasteiger charge is 2.21. The SMILES string of the molecule is C=CCSCC(C)CCSCC1CS1. The Hall–Kier alpha value is 0.790. The average Bonchev–Trinajstić information content (AvgIpc) is 2.97. The van der Waals surface area contributed by atoms with Gasteiger partial charge in [0.2, 0.25) is 0 Å². The van der Waals surface area contributed by atoms with Crippen LogP contribution in [0.3, 0.4) is 0 Å². The van der Waals surface area contributed by atoms with Crippen LogP contribution in [0.15, 0.2) is 12.7 Å². The smallest absolute Gasteiger partial charge is 0.0229 e. The number of rotatable bonds is 9. The zero-order chi connectivity index (χ0) is 10.2. The molecule has 0 N–H and O–H groups in total. The molecule has 1 aliphatic rings. The Labute approximate surface area is 101 Å². The van der Waals surface area contributed by atoms with E-state index in [0.717, 1.165) is 16.9 Å². The lowest BCUT2D eigenvalue weighted by Gasteiger charge is -2.09. The molecular weight excluding hydrogens is 228 g/mol. The fourth-order valence-electron chi connectivity index (χ4n) is 1.10. The van der Waals surface area contributed by atoms with Gasteiger partial charge in [0.25, 0.3) is 0 Å². The van der Waals surface area contributed by atoms with Crippen molar-refractivity contribution in [2.24, 2.45) is 5.92 Å². The van der Waals surface area contributed by atoms with E-state index in [1.807, 2.05) is 17.8 Å². The maximum Gasteiger partial charge on any atom is 0.0229 e. The molecule has 0 aliphatic carbocycles. The highest BCUT2D eigenvalue weighted by Crippen LogP contribution is 2.33. The summed E-state index contributed by atoms with van der Waals surface area (Å²) in [5.74, 6) is 7.43. The number of thioether (sulfide) groups is 3. The second kappa shape index (κ2) is 8.00. The summed E-state index contributed by atoms with van der Waals surface area (Å²) in [5.41, 5.74) is 0. The summed E-state index contributed by atoms with van der Waals surface area (Å²) in [6.07, 6.45) is 3.38. The predicted octanol–water partition coefficient (Wildman–Crippen LogP) is 3.78. The van der Waals surface area contributed by atoms with E-state index in [4.69, 9.17) is 0 Å². The molecule has 1 aliphatic heterocycles. The molecule has 1 rings (SSSR count). The van der Waals surface area contributed by atoms with Crippen molar-refractivity contribution in [1.29, 1.82) is 0 Å². The molecule has 3 heteroatoms. The monoisotopic (exact) mass is 248 g/mol. The fourth-order valence-corrected chi connectivity index (χ4v) is 4.16. The molecule has 0 amide bonds. The zero-order valence-electron chi connectivity index (χ0n) is 8.91. The van der Waals surface area contributed by atoms with Crippen LogP contribution in [0, 0.1) is 5.92 Å². The average molecular weight is 248 g/mol. The summed E-state index contributed by atoms with van der Waals surface area (Å²) >= 11 is 6.26. The molecule has 14 heavy (non-hydrogen) atoms. The molecule has 0 nitrogen and oxygen atoms in total. The molecule has 0 aromatic heterocycles. The summed E-state index contributed by atoms with van der Waals surface area (Å²) < 4.78 is 0. The molecule has 1 heterocycles. The summed E-state index contributed by atoms with van der Waals surface area (Å²) in [6.45, 7) is 6.10. The van der Waals surface area contributed by atoms with Crippen LogP contribution >= 0.6 is 35.3 Å². The van der Waals surface area contributed by atoms with E-state index in [0.29, 0.717) is 0 Å². The van der Waals surface area contributed by atoms with Crippen molar-refractivity contribution in [2.45, 2.75) is 18.6 Å². The van der Waals surface area contributed by atoms with E-state index in [1.165, 1.54) is 29.4 Å². The Morgan fingerprint density at radius 3 is 3.00 bits per heavy atom. The van der Waals surface area contributed by atoms with Gasteiger partial charge in [0.15, 0.2) is 0 Å². The first-order valence-electron chi connectivity index (χ1n) is 5.21. The lowest BCUT2D eigenvalue weighted by atomic mass is 10.2. The summed E-state index contributed by atoms with van der Waals surface area (Å²) in [5, 5.41) is 1.01. The minimum Gasteiger partial charge on any atom is -0.161 e. The van der Waals surface area contributed by atoms with Crippen molar-refractivity contribution in [2.75, 3.05) is 28.8 Å². The normalized spacial score (nSPS) is 21.9. The van der Waals surface area contributed by atoms with Gasteiger partial charge in [0.05, 0.1) is 0 Å². The van der Waals surface area contributed by atoms with Gasteiger partial charge in [0.1, 0.15) is 0 Å². The zero-order valence-corrected chi connectivity index (χ0v) is 11.4. The highest BCUT2D eigenvalue weighted by atomic mass is 32.2. The Morgan fingerprint density at radius 1 is 1.57 bits per heavy atom. The fraction of sp³-hybridized carbons (Fsp3) is 0.818. The van der Waals surface area contributed by atoms with E-state index < -0.39 is 0 Å². The molecular formula is C11H20S3. The molecule has 0 bridgehead atoms. The van der Waals surface area contributed by atoms with E-state index in [-0.39, 0.29) is 0 Å².